The van der Waals surface area contributed by atoms with Gasteiger partial charge < -0.3 is 10.2 Å². The summed E-state index contributed by atoms with van der Waals surface area (Å²) in [7, 11) is 0. The van der Waals surface area contributed by atoms with Gasteiger partial charge >= 0.3 is 0 Å². The van der Waals surface area contributed by atoms with Crippen LogP contribution in [0.2, 0.25) is 0 Å². The standard InChI is InChI=1S/C9H11BrO2/c1-9(2,12)7-4-3-6(11)5-8(7)10/h3-5,11-12H,1-2H3. The molecule has 0 atom stereocenters. The van der Waals surface area contributed by atoms with Crippen molar-refractivity contribution in [2.75, 3.05) is 0 Å². The molecule has 1 rings (SSSR count). The zero-order chi connectivity index (χ0) is 9.35. The van der Waals surface area contributed by atoms with E-state index in [1.54, 1.807) is 32.0 Å². The molecule has 0 aliphatic heterocycles. The first-order valence-electron chi connectivity index (χ1n) is 3.62. The van der Waals surface area contributed by atoms with Gasteiger partial charge in [-0.05, 0) is 31.5 Å². The van der Waals surface area contributed by atoms with Gasteiger partial charge in [-0.3, -0.25) is 0 Å². The minimum absolute atomic E-state index is 0.190. The quantitative estimate of drug-likeness (QED) is 0.778. The molecule has 0 unspecified atom stereocenters. The van der Waals surface area contributed by atoms with Gasteiger partial charge in [0.1, 0.15) is 5.75 Å². The third kappa shape index (κ3) is 1.99. The van der Waals surface area contributed by atoms with Crippen molar-refractivity contribution in [2.45, 2.75) is 19.4 Å². The summed E-state index contributed by atoms with van der Waals surface area (Å²) in [5.41, 5.74) is -0.118. The van der Waals surface area contributed by atoms with Gasteiger partial charge in [0.25, 0.3) is 0 Å². The predicted molar refractivity (Wildman–Crippen MR) is 51.1 cm³/mol. The van der Waals surface area contributed by atoms with Crippen molar-refractivity contribution >= 4 is 15.9 Å². The second kappa shape index (κ2) is 3.07. The van der Waals surface area contributed by atoms with E-state index in [4.69, 9.17) is 5.11 Å². The molecule has 0 saturated carbocycles. The summed E-state index contributed by atoms with van der Waals surface area (Å²) < 4.78 is 0.718. The molecule has 2 nitrogen and oxygen atoms in total. The lowest BCUT2D eigenvalue weighted by Crippen LogP contribution is -2.15. The molecule has 0 aromatic heterocycles. The lowest BCUT2D eigenvalue weighted by molar-refractivity contribution is 0.0778. The number of hydrogen-bond donors (Lipinski definition) is 2. The molecular weight excluding hydrogens is 220 g/mol. The number of phenolic OH excluding ortho intramolecular Hbond substituents is 1. The summed E-state index contributed by atoms with van der Waals surface area (Å²) >= 11 is 3.26. The normalized spacial score (nSPS) is 11.7. The lowest BCUT2D eigenvalue weighted by Gasteiger charge is -2.19. The van der Waals surface area contributed by atoms with Gasteiger partial charge in [0, 0.05) is 4.47 Å². The number of halogens is 1. The van der Waals surface area contributed by atoms with E-state index < -0.39 is 5.60 Å². The second-order valence-corrected chi connectivity index (χ2v) is 4.08. The molecule has 0 aliphatic rings. The van der Waals surface area contributed by atoms with Crippen LogP contribution in [0.3, 0.4) is 0 Å². The molecule has 3 heteroatoms. The third-order valence-electron chi connectivity index (χ3n) is 1.61. The highest BCUT2D eigenvalue weighted by atomic mass is 79.9. The zero-order valence-corrected chi connectivity index (χ0v) is 8.59. The first-order valence-corrected chi connectivity index (χ1v) is 4.42. The zero-order valence-electron chi connectivity index (χ0n) is 7.00. The Kier molecular flexibility index (Phi) is 2.44. The van der Waals surface area contributed by atoms with Crippen LogP contribution in [0.15, 0.2) is 22.7 Å². The van der Waals surface area contributed by atoms with E-state index in [-0.39, 0.29) is 5.75 Å². The van der Waals surface area contributed by atoms with Crippen molar-refractivity contribution in [2.24, 2.45) is 0 Å². The second-order valence-electron chi connectivity index (χ2n) is 3.22. The van der Waals surface area contributed by atoms with E-state index in [9.17, 15) is 5.11 Å². The fourth-order valence-electron chi connectivity index (χ4n) is 1.00. The van der Waals surface area contributed by atoms with Gasteiger partial charge in [-0.25, -0.2) is 0 Å². The maximum atomic E-state index is 9.65. The van der Waals surface area contributed by atoms with Crippen molar-refractivity contribution < 1.29 is 10.2 Å². The Morgan fingerprint density at radius 2 is 1.92 bits per heavy atom. The lowest BCUT2D eigenvalue weighted by atomic mass is 9.99. The van der Waals surface area contributed by atoms with Gasteiger partial charge in [-0.2, -0.15) is 0 Å². The van der Waals surface area contributed by atoms with Gasteiger partial charge in [0.05, 0.1) is 5.60 Å². The molecule has 2 N–H and O–H groups in total. The van der Waals surface area contributed by atoms with Crippen LogP contribution in [0.25, 0.3) is 0 Å². The molecule has 1 aromatic carbocycles. The molecule has 66 valence electrons. The first-order chi connectivity index (χ1) is 5.41. The number of rotatable bonds is 1. The Bertz CT molecular complexity index is 289. The monoisotopic (exact) mass is 230 g/mol. The largest absolute Gasteiger partial charge is 0.508 e. The Hall–Kier alpha value is -0.540. The number of phenols is 1. The predicted octanol–water partition coefficient (Wildman–Crippen LogP) is 2.38. The minimum Gasteiger partial charge on any atom is -0.508 e. The molecule has 0 radical (unpaired) electrons. The minimum atomic E-state index is -0.882. The molecule has 0 heterocycles. The highest BCUT2D eigenvalue weighted by molar-refractivity contribution is 9.10. The maximum absolute atomic E-state index is 9.65. The summed E-state index contributed by atoms with van der Waals surface area (Å²) in [6.07, 6.45) is 0. The van der Waals surface area contributed by atoms with E-state index in [1.807, 2.05) is 0 Å². The van der Waals surface area contributed by atoms with Gasteiger partial charge in [0.15, 0.2) is 0 Å². The Morgan fingerprint density at radius 3 is 2.33 bits per heavy atom. The fourth-order valence-corrected chi connectivity index (χ4v) is 1.85. The van der Waals surface area contributed by atoms with Gasteiger partial charge in [0.2, 0.25) is 0 Å². The Balaban J connectivity index is 3.19. The average molecular weight is 231 g/mol. The molecule has 0 fully saturated rings. The van der Waals surface area contributed by atoms with E-state index >= 15 is 0 Å². The number of hydrogen-bond acceptors (Lipinski definition) is 2. The Labute approximate surface area is 80.0 Å². The first kappa shape index (κ1) is 9.55. The number of aliphatic hydroxyl groups is 1. The van der Waals surface area contributed by atoms with E-state index in [0.717, 1.165) is 10.0 Å². The van der Waals surface area contributed by atoms with E-state index in [2.05, 4.69) is 15.9 Å². The van der Waals surface area contributed by atoms with Crippen LogP contribution in [-0.4, -0.2) is 10.2 Å². The molecule has 0 aliphatic carbocycles. The van der Waals surface area contributed by atoms with Crippen LogP contribution >= 0.6 is 15.9 Å². The third-order valence-corrected chi connectivity index (χ3v) is 2.27. The van der Waals surface area contributed by atoms with Crippen LogP contribution in [0, 0.1) is 0 Å². The van der Waals surface area contributed by atoms with E-state index in [1.165, 1.54) is 0 Å². The Morgan fingerprint density at radius 1 is 1.33 bits per heavy atom. The summed E-state index contributed by atoms with van der Waals surface area (Å²) in [6, 6.07) is 4.81. The number of benzene rings is 1. The molecule has 12 heavy (non-hydrogen) atoms. The van der Waals surface area contributed by atoms with Crippen LogP contribution < -0.4 is 0 Å². The van der Waals surface area contributed by atoms with Crippen molar-refractivity contribution in [1.82, 2.24) is 0 Å². The van der Waals surface area contributed by atoms with Crippen molar-refractivity contribution in [1.29, 1.82) is 0 Å². The van der Waals surface area contributed by atoms with Crippen molar-refractivity contribution in [3.63, 3.8) is 0 Å². The topological polar surface area (TPSA) is 40.5 Å². The van der Waals surface area contributed by atoms with Crippen LogP contribution in [0.1, 0.15) is 19.4 Å². The van der Waals surface area contributed by atoms with Gasteiger partial charge in [-0.1, -0.05) is 22.0 Å². The van der Waals surface area contributed by atoms with Crippen LogP contribution in [0.5, 0.6) is 5.75 Å². The smallest absolute Gasteiger partial charge is 0.116 e. The van der Waals surface area contributed by atoms with Crippen LogP contribution in [0.4, 0.5) is 0 Å². The molecule has 0 spiro atoms. The SMILES string of the molecule is CC(C)(O)c1ccc(O)cc1Br. The highest BCUT2D eigenvalue weighted by Crippen LogP contribution is 2.30. The fraction of sp³-hybridized carbons (Fsp3) is 0.333. The van der Waals surface area contributed by atoms with Crippen molar-refractivity contribution in [3.05, 3.63) is 28.2 Å². The number of aromatic hydroxyl groups is 1. The molecule has 0 saturated heterocycles. The van der Waals surface area contributed by atoms with Crippen LogP contribution in [-0.2, 0) is 5.60 Å². The molecular formula is C9H11BrO2. The van der Waals surface area contributed by atoms with Gasteiger partial charge in [-0.15, -0.1) is 0 Å². The van der Waals surface area contributed by atoms with E-state index in [0.29, 0.717) is 0 Å². The molecule has 1 aromatic rings. The molecule has 0 amide bonds. The average Bonchev–Trinajstić information content (AvgIpc) is 1.83. The summed E-state index contributed by atoms with van der Waals surface area (Å²) in [6.45, 7) is 3.40. The van der Waals surface area contributed by atoms with Crippen molar-refractivity contribution in [3.8, 4) is 5.75 Å². The summed E-state index contributed by atoms with van der Waals surface area (Å²) in [5, 5.41) is 18.7. The highest BCUT2D eigenvalue weighted by Gasteiger charge is 2.18. The summed E-state index contributed by atoms with van der Waals surface area (Å²) in [5.74, 6) is 0.190. The summed E-state index contributed by atoms with van der Waals surface area (Å²) in [4.78, 5) is 0. The maximum Gasteiger partial charge on any atom is 0.116 e. The molecule has 0 bridgehead atoms.